The van der Waals surface area contributed by atoms with Crippen LogP contribution >= 0.6 is 0 Å². The van der Waals surface area contributed by atoms with Crippen molar-refractivity contribution in [2.75, 3.05) is 23.7 Å². The average Bonchev–Trinajstić information content (AvgIpc) is 2.37. The highest BCUT2D eigenvalue weighted by Gasteiger charge is 2.32. The maximum Gasteiger partial charge on any atom is 0.405 e. The SMILES string of the molecule is CCN(CC(F)(F)F)c1c(N)c(C)nn1C. The van der Waals surface area contributed by atoms with Gasteiger partial charge in [-0.05, 0) is 13.8 Å². The third-order valence-electron chi connectivity index (χ3n) is 2.29. The fraction of sp³-hybridized carbons (Fsp3) is 0.667. The lowest BCUT2D eigenvalue weighted by atomic mass is 10.3. The molecule has 16 heavy (non-hydrogen) atoms. The second kappa shape index (κ2) is 4.23. The van der Waals surface area contributed by atoms with E-state index in [1.54, 1.807) is 20.9 Å². The van der Waals surface area contributed by atoms with Crippen molar-refractivity contribution in [3.8, 4) is 0 Å². The summed E-state index contributed by atoms with van der Waals surface area (Å²) in [5.74, 6) is 0.317. The van der Waals surface area contributed by atoms with Gasteiger partial charge in [0.15, 0.2) is 5.82 Å². The van der Waals surface area contributed by atoms with Crippen LogP contribution in [0.4, 0.5) is 24.7 Å². The zero-order chi connectivity index (χ0) is 12.5. The Morgan fingerprint density at radius 2 is 2.00 bits per heavy atom. The van der Waals surface area contributed by atoms with E-state index in [0.29, 0.717) is 17.2 Å². The first-order valence-corrected chi connectivity index (χ1v) is 4.87. The lowest BCUT2D eigenvalue weighted by molar-refractivity contribution is -0.119. The van der Waals surface area contributed by atoms with Crippen molar-refractivity contribution < 1.29 is 13.2 Å². The lowest BCUT2D eigenvalue weighted by Crippen LogP contribution is -2.35. The zero-order valence-corrected chi connectivity index (χ0v) is 9.47. The van der Waals surface area contributed by atoms with Crippen molar-refractivity contribution in [1.82, 2.24) is 9.78 Å². The van der Waals surface area contributed by atoms with E-state index in [4.69, 9.17) is 5.73 Å². The minimum Gasteiger partial charge on any atom is -0.394 e. The number of hydrogen-bond donors (Lipinski definition) is 1. The second-order valence-corrected chi connectivity index (χ2v) is 3.58. The van der Waals surface area contributed by atoms with Gasteiger partial charge in [0.25, 0.3) is 0 Å². The summed E-state index contributed by atoms with van der Waals surface area (Å²) in [5.41, 5.74) is 6.55. The molecule has 7 heteroatoms. The van der Waals surface area contributed by atoms with Crippen LogP contribution in [-0.4, -0.2) is 29.0 Å². The number of aryl methyl sites for hydroxylation is 2. The van der Waals surface area contributed by atoms with Gasteiger partial charge in [0, 0.05) is 13.6 Å². The number of alkyl halides is 3. The molecule has 1 aromatic heterocycles. The van der Waals surface area contributed by atoms with Crippen LogP contribution in [0.2, 0.25) is 0 Å². The molecule has 0 radical (unpaired) electrons. The summed E-state index contributed by atoms with van der Waals surface area (Å²) >= 11 is 0. The second-order valence-electron chi connectivity index (χ2n) is 3.58. The predicted octanol–water partition coefficient (Wildman–Crippen LogP) is 1.70. The molecular formula is C9H15F3N4. The normalized spacial score (nSPS) is 11.9. The minimum atomic E-state index is -4.25. The van der Waals surface area contributed by atoms with Gasteiger partial charge in [-0.1, -0.05) is 0 Å². The maximum atomic E-state index is 12.3. The highest BCUT2D eigenvalue weighted by molar-refractivity contribution is 5.66. The number of nitrogen functional groups attached to an aromatic ring is 1. The van der Waals surface area contributed by atoms with E-state index in [2.05, 4.69) is 5.10 Å². The lowest BCUT2D eigenvalue weighted by Gasteiger charge is -2.24. The summed E-state index contributed by atoms with van der Waals surface area (Å²) in [5, 5.41) is 3.99. The molecule has 0 fully saturated rings. The van der Waals surface area contributed by atoms with Crippen molar-refractivity contribution in [2.45, 2.75) is 20.0 Å². The van der Waals surface area contributed by atoms with Gasteiger partial charge in [-0.25, -0.2) is 0 Å². The summed E-state index contributed by atoms with van der Waals surface area (Å²) < 4.78 is 38.4. The molecule has 0 aliphatic rings. The number of nitrogens with two attached hydrogens (primary N) is 1. The van der Waals surface area contributed by atoms with Gasteiger partial charge in [-0.3, -0.25) is 4.68 Å². The molecule has 2 N–H and O–H groups in total. The number of nitrogens with zero attached hydrogens (tertiary/aromatic N) is 3. The maximum absolute atomic E-state index is 12.3. The van der Waals surface area contributed by atoms with Crippen molar-refractivity contribution in [3.63, 3.8) is 0 Å². The molecule has 0 aliphatic heterocycles. The first-order chi connectivity index (χ1) is 7.26. The molecule has 1 aromatic rings. The third-order valence-corrected chi connectivity index (χ3v) is 2.29. The first kappa shape index (κ1) is 12.7. The topological polar surface area (TPSA) is 47.1 Å². The zero-order valence-electron chi connectivity index (χ0n) is 9.47. The predicted molar refractivity (Wildman–Crippen MR) is 56.3 cm³/mol. The van der Waals surface area contributed by atoms with Gasteiger partial charge in [0.1, 0.15) is 6.54 Å². The van der Waals surface area contributed by atoms with E-state index in [9.17, 15) is 13.2 Å². The van der Waals surface area contributed by atoms with Crippen LogP contribution in [0.1, 0.15) is 12.6 Å². The Hall–Kier alpha value is -1.40. The Labute approximate surface area is 91.8 Å². The Balaban J connectivity index is 3.04. The minimum absolute atomic E-state index is 0.225. The smallest absolute Gasteiger partial charge is 0.394 e. The molecule has 0 aromatic carbocycles. The summed E-state index contributed by atoms with van der Waals surface area (Å²) in [4.78, 5) is 1.16. The largest absolute Gasteiger partial charge is 0.405 e. The number of rotatable bonds is 3. The first-order valence-electron chi connectivity index (χ1n) is 4.87. The van der Waals surface area contributed by atoms with E-state index >= 15 is 0 Å². The van der Waals surface area contributed by atoms with E-state index in [0.717, 1.165) is 4.90 Å². The van der Waals surface area contributed by atoms with Crippen LogP contribution in [0, 0.1) is 6.92 Å². The van der Waals surface area contributed by atoms with Crippen LogP contribution in [0.25, 0.3) is 0 Å². The van der Waals surface area contributed by atoms with Crippen LogP contribution in [0.5, 0.6) is 0 Å². The Kier molecular flexibility index (Phi) is 3.35. The number of hydrogen-bond acceptors (Lipinski definition) is 3. The van der Waals surface area contributed by atoms with Crippen LogP contribution in [0.3, 0.4) is 0 Å². The fourth-order valence-electron chi connectivity index (χ4n) is 1.59. The van der Waals surface area contributed by atoms with Gasteiger partial charge in [-0.2, -0.15) is 18.3 Å². The summed E-state index contributed by atoms with van der Waals surface area (Å²) in [7, 11) is 1.58. The molecule has 0 saturated carbocycles. The summed E-state index contributed by atoms with van der Waals surface area (Å²) in [6.07, 6.45) is -4.25. The van der Waals surface area contributed by atoms with Gasteiger partial charge < -0.3 is 10.6 Å². The fourth-order valence-corrected chi connectivity index (χ4v) is 1.59. The van der Waals surface area contributed by atoms with Crippen molar-refractivity contribution in [1.29, 1.82) is 0 Å². The number of aromatic nitrogens is 2. The number of halogens is 3. The van der Waals surface area contributed by atoms with Crippen molar-refractivity contribution in [2.24, 2.45) is 7.05 Å². The quantitative estimate of drug-likeness (QED) is 0.868. The molecule has 1 rings (SSSR count). The average molecular weight is 236 g/mol. The standard InChI is InChI=1S/C9H15F3N4/c1-4-16(5-9(10,11)12)8-7(13)6(2)14-15(8)3/h4-5,13H2,1-3H3. The van der Waals surface area contributed by atoms with E-state index in [1.165, 1.54) is 4.68 Å². The van der Waals surface area contributed by atoms with Crippen LogP contribution < -0.4 is 10.6 Å². The monoisotopic (exact) mass is 236 g/mol. The highest BCUT2D eigenvalue weighted by atomic mass is 19.4. The Bertz CT molecular complexity index is 370. The highest BCUT2D eigenvalue weighted by Crippen LogP contribution is 2.28. The molecule has 92 valence electrons. The van der Waals surface area contributed by atoms with Gasteiger partial charge in [-0.15, -0.1) is 0 Å². The molecule has 0 saturated heterocycles. The van der Waals surface area contributed by atoms with Crippen molar-refractivity contribution >= 4 is 11.5 Å². The third kappa shape index (κ3) is 2.59. The molecule has 0 bridgehead atoms. The van der Waals surface area contributed by atoms with E-state index < -0.39 is 12.7 Å². The van der Waals surface area contributed by atoms with Crippen molar-refractivity contribution in [3.05, 3.63) is 5.69 Å². The van der Waals surface area contributed by atoms with E-state index in [-0.39, 0.29) is 6.54 Å². The van der Waals surface area contributed by atoms with Crippen LogP contribution in [0.15, 0.2) is 0 Å². The van der Waals surface area contributed by atoms with E-state index in [1.807, 2.05) is 0 Å². The van der Waals surface area contributed by atoms with Crippen LogP contribution in [-0.2, 0) is 7.05 Å². The molecule has 0 aliphatic carbocycles. The van der Waals surface area contributed by atoms with Gasteiger partial charge >= 0.3 is 6.18 Å². The molecule has 0 unspecified atom stereocenters. The molecule has 0 spiro atoms. The molecular weight excluding hydrogens is 221 g/mol. The summed E-state index contributed by atoms with van der Waals surface area (Å²) in [6, 6.07) is 0. The van der Waals surface area contributed by atoms with Gasteiger partial charge in [0.05, 0.1) is 11.4 Å². The molecule has 4 nitrogen and oxygen atoms in total. The summed E-state index contributed by atoms with van der Waals surface area (Å²) in [6.45, 7) is 2.52. The number of anilines is 2. The molecule has 0 atom stereocenters. The molecule has 1 heterocycles. The molecule has 0 amide bonds. The Morgan fingerprint density at radius 3 is 2.31 bits per heavy atom. The Morgan fingerprint density at radius 1 is 1.44 bits per heavy atom. The van der Waals surface area contributed by atoms with Gasteiger partial charge in [0.2, 0.25) is 0 Å².